The van der Waals surface area contributed by atoms with Gasteiger partial charge in [0.15, 0.2) is 17.1 Å². The number of aliphatic hydroxyl groups excluding tert-OH is 1. The van der Waals surface area contributed by atoms with E-state index in [9.17, 15) is 24.3 Å². The highest BCUT2D eigenvalue weighted by Crippen LogP contribution is 2.72. The summed E-state index contributed by atoms with van der Waals surface area (Å²) in [6, 6.07) is 2.86. The average Bonchev–Trinajstić information content (AvgIpc) is 3.49. The zero-order valence-corrected chi connectivity index (χ0v) is 23.8. The Kier molecular flexibility index (Phi) is 6.73. The van der Waals surface area contributed by atoms with Crippen molar-refractivity contribution in [2.24, 2.45) is 28.6 Å². The van der Waals surface area contributed by atoms with Crippen LogP contribution in [0.5, 0.6) is 0 Å². The fourth-order valence-corrected chi connectivity index (χ4v) is 9.02. The van der Waals surface area contributed by atoms with Crippen molar-refractivity contribution >= 4 is 33.9 Å². The van der Waals surface area contributed by atoms with Crippen LogP contribution in [0, 0.1) is 28.6 Å². The lowest BCUT2D eigenvalue weighted by Gasteiger charge is -2.63. The van der Waals surface area contributed by atoms with Gasteiger partial charge in [0.1, 0.15) is 6.17 Å². The third kappa shape index (κ3) is 3.65. The second-order valence-electron chi connectivity index (χ2n) is 12.1. The Labute approximate surface area is 235 Å². The van der Waals surface area contributed by atoms with Crippen molar-refractivity contribution in [2.45, 2.75) is 63.6 Å². The van der Waals surface area contributed by atoms with Gasteiger partial charge in [0.2, 0.25) is 10.9 Å². The molecule has 1 N–H and O–H groups in total. The van der Waals surface area contributed by atoms with Crippen molar-refractivity contribution in [1.82, 2.24) is 4.90 Å². The number of thioether (sulfide) groups is 1. The van der Waals surface area contributed by atoms with Gasteiger partial charge in [0.05, 0.1) is 12.4 Å². The van der Waals surface area contributed by atoms with E-state index in [1.54, 1.807) is 13.8 Å². The molecule has 1 heterocycles. The van der Waals surface area contributed by atoms with Crippen LogP contribution in [0.2, 0.25) is 0 Å². The molecule has 3 saturated carbocycles. The minimum atomic E-state index is -2.36. The minimum Gasteiger partial charge on any atom is -0.457 e. The average molecular weight is 578 g/mol. The van der Waals surface area contributed by atoms with E-state index in [0.29, 0.717) is 11.8 Å². The smallest absolute Gasteiger partial charge is 0.375 e. The first kappa shape index (κ1) is 28.7. The van der Waals surface area contributed by atoms with Gasteiger partial charge in [-0.2, -0.15) is 0 Å². The number of fused-ring (bicyclic) bond motifs is 5. The van der Waals surface area contributed by atoms with Gasteiger partial charge in [-0.05, 0) is 62.0 Å². The van der Waals surface area contributed by atoms with Gasteiger partial charge >= 0.3 is 5.97 Å². The van der Waals surface area contributed by atoms with E-state index in [4.69, 9.17) is 9.15 Å². The van der Waals surface area contributed by atoms with Crippen LogP contribution in [0.25, 0.3) is 0 Å². The highest BCUT2D eigenvalue weighted by atomic mass is 32.2. The SMILES string of the molecule is C[C@@H]1C[C@H]2[C@@H]3C[C@H](F)C4=CC(=O)C=C[C@]4(C)[C@@]3(F)[C@@H](O)C[C@]2(C)[C@@]1(OC(=O)c1ccco1)C(=O)SC(=O)N(C)C. The number of allylic oxidation sites excluding steroid dienone is 4. The Bertz CT molecular complexity index is 1330. The highest BCUT2D eigenvalue weighted by Gasteiger charge is 2.78. The summed E-state index contributed by atoms with van der Waals surface area (Å²) in [5, 5.41) is 10.3. The molecule has 0 spiro atoms. The molecule has 8 nitrogen and oxygen atoms in total. The summed E-state index contributed by atoms with van der Waals surface area (Å²) < 4.78 is 44.5. The van der Waals surface area contributed by atoms with E-state index in [-0.39, 0.29) is 30.6 Å². The van der Waals surface area contributed by atoms with Crippen molar-refractivity contribution in [3.8, 4) is 0 Å². The van der Waals surface area contributed by atoms with Crippen LogP contribution in [0.1, 0.15) is 50.6 Å². The van der Waals surface area contributed by atoms with Gasteiger partial charge in [-0.1, -0.05) is 19.9 Å². The Balaban J connectivity index is 1.64. The summed E-state index contributed by atoms with van der Waals surface area (Å²) in [5.74, 6) is -4.04. The van der Waals surface area contributed by atoms with E-state index in [0.717, 1.165) is 6.08 Å². The molecule has 40 heavy (non-hydrogen) atoms. The number of amides is 1. The number of ketones is 1. The van der Waals surface area contributed by atoms with Gasteiger partial charge < -0.3 is 19.2 Å². The highest BCUT2D eigenvalue weighted by molar-refractivity contribution is 8.26. The zero-order valence-electron chi connectivity index (χ0n) is 23.0. The Hall–Kier alpha value is -2.79. The minimum absolute atomic E-state index is 0.00818. The number of ether oxygens (including phenoxy) is 1. The third-order valence-corrected chi connectivity index (χ3v) is 11.0. The molecule has 0 aliphatic heterocycles. The molecule has 0 bridgehead atoms. The number of alkyl halides is 2. The molecule has 4 aliphatic carbocycles. The number of hydrogen-bond acceptors (Lipinski definition) is 8. The first-order valence-corrected chi connectivity index (χ1v) is 14.1. The van der Waals surface area contributed by atoms with Crippen LogP contribution in [0.4, 0.5) is 13.6 Å². The number of aliphatic hydroxyl groups is 1. The molecule has 216 valence electrons. The molecule has 1 amide bonds. The Morgan fingerprint density at radius 1 is 1.20 bits per heavy atom. The van der Waals surface area contributed by atoms with Crippen LogP contribution in [0.3, 0.4) is 0 Å². The standard InChI is InChI=1S/C29H33F2NO7S/c1-15-11-17-18-13-20(30)19-12-16(33)8-9-26(19,2)28(18,31)22(34)14-27(17,3)29(15,24(36)40-25(37)32(4)5)39-23(35)21-7-6-10-38-21/h6-10,12,15,17-18,20,22,34H,11,13-14H2,1-5H3/t15-,17+,18+,20+,22+,26+,27+,28+,29+/m1/s1. The quantitative estimate of drug-likeness (QED) is 0.515. The number of esters is 1. The summed E-state index contributed by atoms with van der Waals surface area (Å²) in [6.45, 7) is 4.83. The van der Waals surface area contributed by atoms with Crippen LogP contribution < -0.4 is 0 Å². The topological polar surface area (TPSA) is 114 Å². The maximum atomic E-state index is 17.5. The number of carbonyl (C=O) groups excluding carboxylic acids is 4. The van der Waals surface area contributed by atoms with Crippen LogP contribution >= 0.6 is 11.8 Å². The molecule has 1 aromatic rings. The fourth-order valence-electron chi connectivity index (χ4n) is 8.06. The van der Waals surface area contributed by atoms with E-state index in [1.165, 1.54) is 56.5 Å². The van der Waals surface area contributed by atoms with Crippen molar-refractivity contribution in [3.05, 3.63) is 48.0 Å². The molecule has 3 fully saturated rings. The third-order valence-electron chi connectivity index (χ3n) is 9.99. The fraction of sp³-hybridized carbons (Fsp3) is 0.586. The molecule has 0 radical (unpaired) electrons. The number of carbonyl (C=O) groups is 4. The second-order valence-corrected chi connectivity index (χ2v) is 13.1. The monoisotopic (exact) mass is 577 g/mol. The predicted octanol–water partition coefficient (Wildman–Crippen LogP) is 4.68. The van der Waals surface area contributed by atoms with Crippen molar-refractivity contribution in [1.29, 1.82) is 0 Å². The van der Waals surface area contributed by atoms with Gasteiger partial charge in [-0.15, -0.1) is 0 Å². The molecule has 1 aromatic heterocycles. The first-order chi connectivity index (χ1) is 18.6. The van der Waals surface area contributed by atoms with E-state index >= 15 is 8.78 Å². The lowest BCUT2D eigenvalue weighted by molar-refractivity contribution is -0.221. The first-order valence-electron chi connectivity index (χ1n) is 13.3. The van der Waals surface area contributed by atoms with Crippen LogP contribution in [-0.4, -0.2) is 69.8 Å². The number of hydrogen-bond donors (Lipinski definition) is 1. The molecule has 11 heteroatoms. The van der Waals surface area contributed by atoms with Gasteiger partial charge in [0.25, 0.3) is 5.24 Å². The zero-order chi connectivity index (χ0) is 29.4. The van der Waals surface area contributed by atoms with E-state index in [1.807, 2.05) is 0 Å². The molecular weight excluding hydrogens is 544 g/mol. The lowest BCUT2D eigenvalue weighted by Crippen LogP contribution is -2.70. The van der Waals surface area contributed by atoms with Gasteiger partial charge in [0, 0.05) is 48.5 Å². The summed E-state index contributed by atoms with van der Waals surface area (Å²) >= 11 is 0.382. The molecule has 0 aromatic carbocycles. The molecule has 4 aliphatic rings. The van der Waals surface area contributed by atoms with Crippen molar-refractivity contribution in [3.63, 3.8) is 0 Å². The largest absolute Gasteiger partial charge is 0.457 e. The summed E-state index contributed by atoms with van der Waals surface area (Å²) in [5.41, 5.74) is -7.29. The van der Waals surface area contributed by atoms with Gasteiger partial charge in [-0.3, -0.25) is 14.4 Å². The van der Waals surface area contributed by atoms with Crippen LogP contribution in [-0.2, 0) is 14.3 Å². The van der Waals surface area contributed by atoms with E-state index < -0.39 is 74.2 Å². The Morgan fingerprint density at radius 2 is 1.90 bits per heavy atom. The number of furan rings is 1. The molecule has 5 rings (SSSR count). The molecule has 0 unspecified atom stereocenters. The van der Waals surface area contributed by atoms with Gasteiger partial charge in [-0.25, -0.2) is 13.6 Å². The Morgan fingerprint density at radius 3 is 2.52 bits per heavy atom. The molecular formula is C29H33F2NO7S. The normalized spacial score (nSPS) is 41.9. The summed E-state index contributed by atoms with van der Waals surface area (Å²) in [4.78, 5) is 53.3. The maximum absolute atomic E-state index is 17.5. The number of rotatable bonds is 3. The summed E-state index contributed by atoms with van der Waals surface area (Å²) in [7, 11) is 2.96. The summed E-state index contributed by atoms with van der Waals surface area (Å²) in [6.07, 6.45) is 1.13. The lowest BCUT2D eigenvalue weighted by atomic mass is 9.44. The van der Waals surface area contributed by atoms with Crippen molar-refractivity contribution < 1.29 is 42.2 Å². The molecule has 0 saturated heterocycles. The van der Waals surface area contributed by atoms with E-state index in [2.05, 4.69) is 0 Å². The second kappa shape index (κ2) is 9.37. The molecule has 9 atom stereocenters. The number of nitrogens with zero attached hydrogens (tertiary/aromatic N) is 1. The van der Waals surface area contributed by atoms with Crippen LogP contribution in [0.15, 0.2) is 46.6 Å². The maximum Gasteiger partial charge on any atom is 0.375 e. The predicted molar refractivity (Wildman–Crippen MR) is 142 cm³/mol. The number of halogens is 2. The van der Waals surface area contributed by atoms with Crippen molar-refractivity contribution in [2.75, 3.05) is 14.1 Å².